The third kappa shape index (κ3) is 3.20. The molecule has 1 aliphatic heterocycles. The molecule has 2 heterocycles. The van der Waals surface area contributed by atoms with Gasteiger partial charge in [0.15, 0.2) is 6.23 Å². The lowest BCUT2D eigenvalue weighted by atomic mass is 9.95. The number of hydrogen-bond donors (Lipinski definition) is 5. The van der Waals surface area contributed by atoms with Crippen LogP contribution in [-0.2, 0) is 13.8 Å². The van der Waals surface area contributed by atoms with Crippen molar-refractivity contribution in [2.45, 2.75) is 31.0 Å². The molecule has 0 radical (unpaired) electrons. The molecule has 0 spiro atoms. The van der Waals surface area contributed by atoms with E-state index in [0.29, 0.717) is 0 Å². The number of aromatic nitrogens is 2. The summed E-state index contributed by atoms with van der Waals surface area (Å²) in [7, 11) is -5.02. The van der Waals surface area contributed by atoms with Crippen molar-refractivity contribution >= 4 is 7.82 Å². The van der Waals surface area contributed by atoms with Crippen LogP contribution in [-0.4, -0.2) is 54.0 Å². The Bertz CT molecular complexity index is 705. The molecule has 0 aliphatic carbocycles. The van der Waals surface area contributed by atoms with Crippen LogP contribution in [0.2, 0.25) is 0 Å². The molecular formula is C10H15N2O9P. The first-order valence-electron chi connectivity index (χ1n) is 6.10. The van der Waals surface area contributed by atoms with Crippen LogP contribution in [0.25, 0.3) is 0 Å². The standard InChI is InChI=1S/C10H15N2O9P/c1-10(16)5(4-13)20-8(7(10)21-22(17,18)19)12-3-2-6(14)11-9(12)15/h2-3,5,7-8,13,16H,4H2,1H3,(H,11,14,15)(H2,17,18,19)/t5-,7+,8-,10-/m1/s1. The maximum Gasteiger partial charge on any atom is 0.470 e. The second-order valence-corrected chi connectivity index (χ2v) is 6.15. The van der Waals surface area contributed by atoms with Gasteiger partial charge in [-0.05, 0) is 6.92 Å². The van der Waals surface area contributed by atoms with Crippen molar-refractivity contribution in [1.29, 1.82) is 0 Å². The number of phosphoric ester groups is 1. The predicted molar refractivity (Wildman–Crippen MR) is 69.9 cm³/mol. The Morgan fingerprint density at radius 2 is 2.14 bits per heavy atom. The van der Waals surface area contributed by atoms with Gasteiger partial charge in [0.25, 0.3) is 5.56 Å². The molecule has 11 nitrogen and oxygen atoms in total. The Labute approximate surface area is 123 Å². The van der Waals surface area contributed by atoms with Crippen molar-refractivity contribution in [3.8, 4) is 0 Å². The number of hydrogen-bond acceptors (Lipinski definition) is 7. The molecule has 0 unspecified atom stereocenters. The second-order valence-electron chi connectivity index (χ2n) is 4.96. The normalized spacial score (nSPS) is 32.3. The van der Waals surface area contributed by atoms with Gasteiger partial charge in [-0.1, -0.05) is 0 Å². The van der Waals surface area contributed by atoms with Crippen LogP contribution < -0.4 is 11.2 Å². The molecule has 0 aromatic carbocycles. The zero-order valence-electron chi connectivity index (χ0n) is 11.3. The van der Waals surface area contributed by atoms with Crippen LogP contribution in [0.3, 0.4) is 0 Å². The minimum absolute atomic E-state index is 0.678. The Morgan fingerprint density at radius 3 is 2.64 bits per heavy atom. The number of ether oxygens (including phenoxy) is 1. The van der Waals surface area contributed by atoms with Gasteiger partial charge in [-0.3, -0.25) is 18.9 Å². The zero-order valence-corrected chi connectivity index (χ0v) is 12.2. The number of phosphoric acid groups is 1. The van der Waals surface area contributed by atoms with Crippen molar-refractivity contribution in [1.82, 2.24) is 9.55 Å². The van der Waals surface area contributed by atoms with E-state index >= 15 is 0 Å². The number of rotatable bonds is 4. The average molecular weight is 338 g/mol. The largest absolute Gasteiger partial charge is 0.470 e. The predicted octanol–water partition coefficient (Wildman–Crippen LogP) is -2.34. The second kappa shape index (κ2) is 5.70. The molecule has 1 aliphatic rings. The van der Waals surface area contributed by atoms with E-state index in [1.165, 1.54) is 0 Å². The molecule has 1 aromatic heterocycles. The van der Waals surface area contributed by atoms with Gasteiger partial charge in [-0.15, -0.1) is 0 Å². The lowest BCUT2D eigenvalue weighted by Crippen LogP contribution is -2.48. The summed E-state index contributed by atoms with van der Waals surface area (Å²) in [6.45, 7) is 0.466. The molecule has 4 atom stereocenters. The summed E-state index contributed by atoms with van der Waals surface area (Å²) in [5, 5.41) is 19.5. The maximum atomic E-state index is 11.8. The highest BCUT2D eigenvalue weighted by Crippen LogP contribution is 2.47. The van der Waals surface area contributed by atoms with Gasteiger partial charge in [-0.25, -0.2) is 9.36 Å². The first kappa shape index (κ1) is 17.0. The average Bonchev–Trinajstić information content (AvgIpc) is 2.60. The van der Waals surface area contributed by atoms with Gasteiger partial charge in [-0.2, -0.15) is 0 Å². The number of aromatic amines is 1. The first-order valence-corrected chi connectivity index (χ1v) is 7.63. The fourth-order valence-electron chi connectivity index (χ4n) is 2.22. The van der Waals surface area contributed by atoms with Crippen LogP contribution in [0.5, 0.6) is 0 Å². The van der Waals surface area contributed by atoms with E-state index in [-0.39, 0.29) is 0 Å². The number of nitrogens with one attached hydrogen (secondary N) is 1. The topological polar surface area (TPSA) is 171 Å². The molecule has 22 heavy (non-hydrogen) atoms. The Balaban J connectivity index is 2.49. The van der Waals surface area contributed by atoms with E-state index in [1.807, 2.05) is 4.98 Å². The van der Waals surface area contributed by atoms with Crippen molar-refractivity contribution in [2.75, 3.05) is 6.61 Å². The van der Waals surface area contributed by atoms with E-state index < -0.39 is 49.7 Å². The van der Waals surface area contributed by atoms with Gasteiger partial charge in [0.1, 0.15) is 17.8 Å². The van der Waals surface area contributed by atoms with Crippen LogP contribution >= 0.6 is 7.82 Å². The van der Waals surface area contributed by atoms with E-state index in [1.54, 1.807) is 0 Å². The molecule has 1 aromatic rings. The van der Waals surface area contributed by atoms with Crippen LogP contribution in [0, 0.1) is 0 Å². The zero-order chi connectivity index (χ0) is 16.7. The van der Waals surface area contributed by atoms with Gasteiger partial charge < -0.3 is 24.7 Å². The minimum Gasteiger partial charge on any atom is -0.394 e. The number of aliphatic hydroxyl groups is 2. The van der Waals surface area contributed by atoms with E-state index in [0.717, 1.165) is 23.8 Å². The quantitative estimate of drug-likeness (QED) is 0.377. The highest BCUT2D eigenvalue weighted by atomic mass is 31.2. The summed E-state index contributed by atoms with van der Waals surface area (Å²) in [5.41, 5.74) is -3.60. The summed E-state index contributed by atoms with van der Waals surface area (Å²) in [6.07, 6.45) is -3.34. The number of H-pyrrole nitrogens is 1. The van der Waals surface area contributed by atoms with Crippen LogP contribution in [0.1, 0.15) is 13.2 Å². The third-order valence-corrected chi connectivity index (χ3v) is 3.83. The maximum absolute atomic E-state index is 11.8. The molecule has 1 saturated heterocycles. The lowest BCUT2D eigenvalue weighted by molar-refractivity contribution is -0.0799. The summed E-state index contributed by atoms with van der Waals surface area (Å²) in [4.78, 5) is 42.7. The van der Waals surface area contributed by atoms with Crippen LogP contribution in [0.4, 0.5) is 0 Å². The van der Waals surface area contributed by atoms with Gasteiger partial charge >= 0.3 is 13.5 Å². The minimum atomic E-state index is -5.02. The number of nitrogens with zero attached hydrogens (tertiary/aromatic N) is 1. The molecule has 124 valence electrons. The molecule has 0 amide bonds. The van der Waals surface area contributed by atoms with Crippen molar-refractivity contribution < 1.29 is 33.8 Å². The van der Waals surface area contributed by atoms with E-state index in [4.69, 9.17) is 14.5 Å². The summed E-state index contributed by atoms with van der Waals surface area (Å²) in [5.74, 6) is 0. The van der Waals surface area contributed by atoms with E-state index in [2.05, 4.69) is 4.52 Å². The fourth-order valence-corrected chi connectivity index (χ4v) is 2.84. The SMILES string of the molecule is C[C@@]1(O)[C@@H](CO)O[C@@H](n2ccc(=O)[nH]c2=O)[C@@H]1OP(=O)(O)O. The van der Waals surface area contributed by atoms with Crippen molar-refractivity contribution in [3.05, 3.63) is 33.1 Å². The Morgan fingerprint density at radius 1 is 1.50 bits per heavy atom. The fraction of sp³-hybridized carbons (Fsp3) is 0.600. The van der Waals surface area contributed by atoms with Crippen LogP contribution in [0.15, 0.2) is 21.9 Å². The Kier molecular flexibility index (Phi) is 4.42. The molecule has 5 N–H and O–H groups in total. The van der Waals surface area contributed by atoms with Gasteiger partial charge in [0, 0.05) is 12.3 Å². The van der Waals surface area contributed by atoms with Crippen molar-refractivity contribution in [3.63, 3.8) is 0 Å². The lowest BCUT2D eigenvalue weighted by Gasteiger charge is -2.29. The molecule has 0 bridgehead atoms. The van der Waals surface area contributed by atoms with Crippen molar-refractivity contribution in [2.24, 2.45) is 0 Å². The highest BCUT2D eigenvalue weighted by molar-refractivity contribution is 7.46. The monoisotopic (exact) mass is 338 g/mol. The molecule has 1 fully saturated rings. The Hall–Kier alpha value is -1.33. The summed E-state index contributed by atoms with van der Waals surface area (Å²) in [6, 6.07) is 0.986. The summed E-state index contributed by atoms with van der Waals surface area (Å²) >= 11 is 0. The number of aliphatic hydroxyl groups excluding tert-OH is 1. The highest BCUT2D eigenvalue weighted by Gasteiger charge is 2.56. The smallest absolute Gasteiger partial charge is 0.394 e. The molecule has 0 saturated carbocycles. The van der Waals surface area contributed by atoms with Gasteiger partial charge in [0.2, 0.25) is 0 Å². The first-order chi connectivity index (χ1) is 10.1. The summed E-state index contributed by atoms with van der Waals surface area (Å²) < 4.78 is 21.7. The van der Waals surface area contributed by atoms with E-state index in [9.17, 15) is 24.4 Å². The molecular weight excluding hydrogens is 323 g/mol. The molecule has 12 heteroatoms. The third-order valence-electron chi connectivity index (χ3n) is 3.33. The molecule has 2 rings (SSSR count). The van der Waals surface area contributed by atoms with Gasteiger partial charge in [0.05, 0.1) is 6.61 Å².